The molecule has 0 saturated heterocycles. The van der Waals surface area contributed by atoms with Crippen LogP contribution < -0.4 is 4.74 Å². The van der Waals surface area contributed by atoms with E-state index in [1.165, 1.54) is 0 Å². The van der Waals surface area contributed by atoms with Gasteiger partial charge in [-0.2, -0.15) is 0 Å². The smallest absolute Gasteiger partial charge is 0.449 e. The van der Waals surface area contributed by atoms with E-state index in [2.05, 4.69) is 4.98 Å². The predicted octanol–water partition coefficient (Wildman–Crippen LogP) is 3.38. The van der Waals surface area contributed by atoms with Crippen LogP contribution in [0.3, 0.4) is 0 Å². The number of carboxylic acid groups (broad SMARTS) is 1. The van der Waals surface area contributed by atoms with Gasteiger partial charge in [-0.25, -0.2) is 4.79 Å². The van der Waals surface area contributed by atoms with Gasteiger partial charge in [-0.15, -0.1) is 0 Å². The zero-order valence-electron chi connectivity index (χ0n) is 8.81. The van der Waals surface area contributed by atoms with E-state index in [1.54, 1.807) is 12.1 Å². The lowest BCUT2D eigenvalue weighted by molar-refractivity contribution is 0.145. The minimum absolute atomic E-state index is 0.325. The number of H-pyrrole nitrogens is 1. The van der Waals surface area contributed by atoms with Crippen LogP contribution in [0.5, 0.6) is 5.75 Å². The molecule has 1 heterocycles. The Morgan fingerprint density at radius 3 is 2.65 bits per heavy atom. The summed E-state index contributed by atoms with van der Waals surface area (Å²) < 4.78 is 4.74. The maximum atomic E-state index is 10.6. The molecule has 0 atom stereocenters. The topological polar surface area (TPSA) is 62.3 Å². The fourth-order valence-electron chi connectivity index (χ4n) is 2.03. The van der Waals surface area contributed by atoms with Gasteiger partial charge in [-0.05, 0) is 12.1 Å². The molecule has 0 fully saturated rings. The lowest BCUT2D eigenvalue weighted by Crippen LogP contribution is -2.03. The molecule has 1 aromatic heterocycles. The number of ether oxygens (including phenoxy) is 1. The second-order valence-electron chi connectivity index (χ2n) is 3.72. The third-order valence-electron chi connectivity index (χ3n) is 2.70. The van der Waals surface area contributed by atoms with Crippen LogP contribution in [0.15, 0.2) is 42.5 Å². The number of hydrogen-bond acceptors (Lipinski definition) is 2. The van der Waals surface area contributed by atoms with Crippen LogP contribution in [-0.4, -0.2) is 16.2 Å². The number of para-hydroxylation sites is 2. The zero-order valence-corrected chi connectivity index (χ0v) is 8.81. The Morgan fingerprint density at radius 2 is 1.82 bits per heavy atom. The Bertz CT molecular complexity index is 715. The highest BCUT2D eigenvalue weighted by Gasteiger charge is 2.10. The number of benzene rings is 2. The molecule has 4 heteroatoms. The molecule has 17 heavy (non-hydrogen) atoms. The second-order valence-corrected chi connectivity index (χ2v) is 3.72. The third kappa shape index (κ3) is 1.50. The van der Waals surface area contributed by atoms with E-state index in [9.17, 15) is 4.79 Å². The van der Waals surface area contributed by atoms with Crippen molar-refractivity contribution in [1.82, 2.24) is 4.98 Å². The fraction of sp³-hybridized carbons (Fsp3) is 0. The summed E-state index contributed by atoms with van der Waals surface area (Å²) in [5.74, 6) is 0.325. The van der Waals surface area contributed by atoms with Gasteiger partial charge in [0, 0.05) is 16.3 Å². The Kier molecular flexibility index (Phi) is 2.01. The van der Waals surface area contributed by atoms with Crippen LogP contribution in [0.2, 0.25) is 0 Å². The van der Waals surface area contributed by atoms with E-state index >= 15 is 0 Å². The van der Waals surface area contributed by atoms with E-state index < -0.39 is 6.16 Å². The van der Waals surface area contributed by atoms with Gasteiger partial charge in [0.25, 0.3) is 0 Å². The van der Waals surface area contributed by atoms with Gasteiger partial charge in [0.05, 0.1) is 5.52 Å². The van der Waals surface area contributed by atoms with E-state index in [0.29, 0.717) is 11.3 Å². The minimum Gasteiger partial charge on any atom is -0.449 e. The van der Waals surface area contributed by atoms with Crippen molar-refractivity contribution in [3.05, 3.63) is 42.5 Å². The van der Waals surface area contributed by atoms with Crippen LogP contribution in [-0.2, 0) is 0 Å². The van der Waals surface area contributed by atoms with Gasteiger partial charge < -0.3 is 14.8 Å². The number of fused-ring (bicyclic) bond motifs is 3. The van der Waals surface area contributed by atoms with Crippen LogP contribution in [0.1, 0.15) is 0 Å². The van der Waals surface area contributed by atoms with Crippen LogP contribution in [0.4, 0.5) is 4.79 Å². The van der Waals surface area contributed by atoms with Crippen molar-refractivity contribution >= 4 is 28.0 Å². The zero-order chi connectivity index (χ0) is 11.8. The first-order valence-electron chi connectivity index (χ1n) is 5.16. The van der Waals surface area contributed by atoms with Crippen LogP contribution in [0, 0.1) is 0 Å². The van der Waals surface area contributed by atoms with Crippen molar-refractivity contribution < 1.29 is 14.6 Å². The lowest BCUT2D eigenvalue weighted by Gasteiger charge is -2.00. The highest BCUT2D eigenvalue weighted by molar-refractivity contribution is 6.09. The summed E-state index contributed by atoms with van der Waals surface area (Å²) in [6.07, 6.45) is -1.31. The van der Waals surface area contributed by atoms with Crippen molar-refractivity contribution in [2.45, 2.75) is 0 Å². The van der Waals surface area contributed by atoms with Crippen molar-refractivity contribution in [3.8, 4) is 5.75 Å². The first-order valence-corrected chi connectivity index (χ1v) is 5.16. The van der Waals surface area contributed by atoms with Crippen LogP contribution >= 0.6 is 0 Å². The predicted molar refractivity (Wildman–Crippen MR) is 64.5 cm³/mol. The average molecular weight is 227 g/mol. The fourth-order valence-corrected chi connectivity index (χ4v) is 2.03. The molecule has 0 saturated carbocycles. The molecule has 0 bridgehead atoms. The maximum Gasteiger partial charge on any atom is 0.511 e. The summed E-state index contributed by atoms with van der Waals surface area (Å²) in [6.45, 7) is 0. The van der Waals surface area contributed by atoms with Crippen LogP contribution in [0.25, 0.3) is 21.8 Å². The first-order chi connectivity index (χ1) is 8.25. The molecule has 0 spiro atoms. The maximum absolute atomic E-state index is 10.6. The summed E-state index contributed by atoms with van der Waals surface area (Å²) in [7, 11) is 0. The van der Waals surface area contributed by atoms with Gasteiger partial charge in [0.1, 0.15) is 0 Å². The number of rotatable bonds is 1. The molecule has 0 amide bonds. The largest absolute Gasteiger partial charge is 0.511 e. The van der Waals surface area contributed by atoms with Crippen molar-refractivity contribution in [3.63, 3.8) is 0 Å². The van der Waals surface area contributed by atoms with Crippen molar-refractivity contribution in [1.29, 1.82) is 0 Å². The molecule has 2 aromatic carbocycles. The molecule has 84 valence electrons. The summed E-state index contributed by atoms with van der Waals surface area (Å²) in [5.41, 5.74) is 1.67. The number of aromatic nitrogens is 1. The Morgan fingerprint density at radius 1 is 1.06 bits per heavy atom. The monoisotopic (exact) mass is 227 g/mol. The molecule has 2 N–H and O–H groups in total. The van der Waals surface area contributed by atoms with Gasteiger partial charge in [0.15, 0.2) is 5.75 Å². The molecule has 0 aliphatic heterocycles. The summed E-state index contributed by atoms with van der Waals surface area (Å²) in [6, 6.07) is 13.1. The first kappa shape index (κ1) is 9.72. The summed E-state index contributed by atoms with van der Waals surface area (Å²) in [5, 5.41) is 10.7. The third-order valence-corrected chi connectivity index (χ3v) is 2.70. The SMILES string of the molecule is O=C(O)Oc1cccc2c1[nH]c1ccccc12. The average Bonchev–Trinajstić information content (AvgIpc) is 2.68. The standard InChI is InChI=1S/C13H9NO3/c15-13(16)17-11-7-3-5-9-8-4-1-2-6-10(8)14-12(9)11/h1-7,14H,(H,15,16). The van der Waals surface area contributed by atoms with Crippen molar-refractivity contribution in [2.75, 3.05) is 0 Å². The molecule has 4 nitrogen and oxygen atoms in total. The highest BCUT2D eigenvalue weighted by atomic mass is 16.7. The van der Waals surface area contributed by atoms with E-state index in [1.807, 2.05) is 30.3 Å². The van der Waals surface area contributed by atoms with E-state index in [0.717, 1.165) is 16.3 Å². The van der Waals surface area contributed by atoms with Gasteiger partial charge >= 0.3 is 6.16 Å². The summed E-state index contributed by atoms with van der Waals surface area (Å²) >= 11 is 0. The second kappa shape index (κ2) is 3.52. The molecular formula is C13H9NO3. The molecule has 0 aliphatic carbocycles. The van der Waals surface area contributed by atoms with E-state index in [-0.39, 0.29) is 0 Å². The quantitative estimate of drug-likeness (QED) is 0.494. The number of nitrogens with one attached hydrogen (secondary N) is 1. The summed E-state index contributed by atoms with van der Waals surface area (Å²) in [4.78, 5) is 13.8. The molecule has 3 aromatic rings. The van der Waals surface area contributed by atoms with Gasteiger partial charge in [0.2, 0.25) is 0 Å². The number of aromatic amines is 1. The molecule has 0 radical (unpaired) electrons. The molecule has 0 aliphatic rings. The van der Waals surface area contributed by atoms with Crippen molar-refractivity contribution in [2.24, 2.45) is 0 Å². The Hall–Kier alpha value is -2.49. The minimum atomic E-state index is -1.31. The normalized spacial score (nSPS) is 10.8. The number of hydrogen-bond donors (Lipinski definition) is 2. The van der Waals surface area contributed by atoms with Gasteiger partial charge in [-0.3, -0.25) is 0 Å². The number of carbonyl (C=O) groups is 1. The molecule has 3 rings (SSSR count). The Labute approximate surface area is 96.4 Å². The lowest BCUT2D eigenvalue weighted by atomic mass is 10.1. The highest BCUT2D eigenvalue weighted by Crippen LogP contribution is 2.31. The van der Waals surface area contributed by atoms with E-state index in [4.69, 9.17) is 9.84 Å². The molecular weight excluding hydrogens is 218 g/mol. The molecule has 0 unspecified atom stereocenters. The van der Waals surface area contributed by atoms with Gasteiger partial charge in [-0.1, -0.05) is 30.3 Å². The Balaban J connectivity index is 2.35.